The first-order chi connectivity index (χ1) is 11.2. The molecule has 1 aliphatic rings. The van der Waals surface area contributed by atoms with E-state index in [0.717, 1.165) is 18.7 Å². The Kier molecular flexibility index (Phi) is 7.33. The molecular formula is C18H30N4O. The molecule has 1 fully saturated rings. The van der Waals surface area contributed by atoms with Crippen LogP contribution in [0.25, 0.3) is 0 Å². The third-order valence-corrected chi connectivity index (χ3v) is 4.78. The van der Waals surface area contributed by atoms with E-state index in [-0.39, 0.29) is 11.9 Å². The molecule has 5 nitrogen and oxygen atoms in total. The maximum absolute atomic E-state index is 12.3. The summed E-state index contributed by atoms with van der Waals surface area (Å²) >= 11 is 0. The molecule has 1 aromatic heterocycles. The van der Waals surface area contributed by atoms with Gasteiger partial charge in [0.15, 0.2) is 0 Å². The van der Waals surface area contributed by atoms with Crippen LogP contribution in [0, 0.1) is 0 Å². The van der Waals surface area contributed by atoms with Crippen molar-refractivity contribution in [3.63, 3.8) is 0 Å². The highest BCUT2D eigenvalue weighted by atomic mass is 16.2. The Morgan fingerprint density at radius 2 is 2.13 bits per heavy atom. The summed E-state index contributed by atoms with van der Waals surface area (Å²) in [6.07, 6.45) is 10.9. The largest absolute Gasteiger partial charge is 0.384 e. The number of nitrogens with one attached hydrogen (secondary N) is 2. The van der Waals surface area contributed by atoms with Gasteiger partial charge in [-0.2, -0.15) is 0 Å². The smallest absolute Gasteiger partial charge is 0.237 e. The summed E-state index contributed by atoms with van der Waals surface area (Å²) in [6.45, 7) is 3.55. The molecule has 23 heavy (non-hydrogen) atoms. The van der Waals surface area contributed by atoms with E-state index in [1.807, 2.05) is 19.1 Å². The molecule has 0 unspecified atom stereocenters. The molecule has 1 aliphatic carbocycles. The number of carbonyl (C=O) groups is 1. The van der Waals surface area contributed by atoms with Gasteiger partial charge in [-0.05, 0) is 45.4 Å². The number of rotatable bonds is 8. The number of carbonyl (C=O) groups excluding carboxylic acids is 1. The van der Waals surface area contributed by atoms with Crippen molar-refractivity contribution >= 4 is 11.6 Å². The van der Waals surface area contributed by atoms with Gasteiger partial charge in [-0.15, -0.1) is 0 Å². The lowest BCUT2D eigenvalue weighted by molar-refractivity contribution is -0.126. The number of likely N-dealkylation sites (N-methyl/N-ethyl adjacent to an activating group) is 1. The molecule has 1 saturated carbocycles. The van der Waals surface area contributed by atoms with Crippen molar-refractivity contribution < 1.29 is 4.79 Å². The molecule has 2 N–H and O–H groups in total. The summed E-state index contributed by atoms with van der Waals surface area (Å²) in [6, 6.07) is 4.42. The van der Waals surface area contributed by atoms with Gasteiger partial charge in [0, 0.05) is 31.5 Å². The molecule has 0 aliphatic heterocycles. The van der Waals surface area contributed by atoms with Gasteiger partial charge in [0.2, 0.25) is 5.91 Å². The maximum Gasteiger partial charge on any atom is 0.237 e. The normalized spacial score (nSPS) is 17.0. The van der Waals surface area contributed by atoms with E-state index < -0.39 is 0 Å². The number of anilines is 1. The SMILES string of the molecule is C[C@H](C(=O)NCCCNc1cccnc1)N(C)C1CCCCC1. The van der Waals surface area contributed by atoms with E-state index in [9.17, 15) is 4.79 Å². The number of pyridine rings is 1. The zero-order valence-electron chi connectivity index (χ0n) is 14.4. The summed E-state index contributed by atoms with van der Waals surface area (Å²) in [7, 11) is 2.09. The predicted molar refractivity (Wildman–Crippen MR) is 94.5 cm³/mol. The molecule has 0 radical (unpaired) electrons. The second kappa shape index (κ2) is 9.50. The summed E-state index contributed by atoms with van der Waals surface area (Å²) in [4.78, 5) is 18.6. The topological polar surface area (TPSA) is 57.3 Å². The first-order valence-electron chi connectivity index (χ1n) is 8.82. The molecule has 5 heteroatoms. The van der Waals surface area contributed by atoms with Crippen LogP contribution in [0.2, 0.25) is 0 Å². The minimum Gasteiger partial charge on any atom is -0.384 e. The lowest BCUT2D eigenvalue weighted by Gasteiger charge is -2.34. The van der Waals surface area contributed by atoms with E-state index in [2.05, 4.69) is 27.6 Å². The van der Waals surface area contributed by atoms with Gasteiger partial charge >= 0.3 is 0 Å². The van der Waals surface area contributed by atoms with Gasteiger partial charge in [-0.25, -0.2) is 0 Å². The second-order valence-corrected chi connectivity index (χ2v) is 6.45. The Morgan fingerprint density at radius 3 is 2.83 bits per heavy atom. The molecule has 128 valence electrons. The molecule has 0 aromatic carbocycles. The summed E-state index contributed by atoms with van der Waals surface area (Å²) in [5.41, 5.74) is 1.02. The standard InChI is InChI=1S/C18H30N4O/c1-15(22(2)17-9-4-3-5-10-17)18(23)21-13-7-12-20-16-8-6-11-19-14-16/h6,8,11,14-15,17,20H,3-5,7,9-10,12-13H2,1-2H3,(H,21,23)/t15-/m1/s1. The second-order valence-electron chi connectivity index (χ2n) is 6.45. The third kappa shape index (κ3) is 5.82. The van der Waals surface area contributed by atoms with Crippen LogP contribution >= 0.6 is 0 Å². The minimum absolute atomic E-state index is 0.0515. The van der Waals surface area contributed by atoms with Gasteiger partial charge in [0.1, 0.15) is 0 Å². The maximum atomic E-state index is 12.3. The Hall–Kier alpha value is -1.62. The molecule has 1 atom stereocenters. The number of hydrogen-bond acceptors (Lipinski definition) is 4. The average molecular weight is 318 g/mol. The van der Waals surface area contributed by atoms with Crippen molar-refractivity contribution in [2.75, 3.05) is 25.5 Å². The van der Waals surface area contributed by atoms with E-state index in [4.69, 9.17) is 0 Å². The zero-order valence-corrected chi connectivity index (χ0v) is 14.4. The van der Waals surface area contributed by atoms with Gasteiger partial charge < -0.3 is 10.6 Å². The zero-order chi connectivity index (χ0) is 16.5. The molecule has 1 heterocycles. The Morgan fingerprint density at radius 1 is 1.35 bits per heavy atom. The van der Waals surface area contributed by atoms with Crippen molar-refractivity contribution in [2.24, 2.45) is 0 Å². The number of aromatic nitrogens is 1. The molecule has 0 spiro atoms. The minimum atomic E-state index is -0.0515. The number of hydrogen-bond donors (Lipinski definition) is 2. The van der Waals surface area contributed by atoms with Gasteiger partial charge in [-0.3, -0.25) is 14.7 Å². The highest BCUT2D eigenvalue weighted by Gasteiger charge is 2.25. The average Bonchev–Trinajstić information content (AvgIpc) is 2.61. The molecule has 1 amide bonds. The lowest BCUT2D eigenvalue weighted by atomic mass is 9.93. The summed E-state index contributed by atoms with van der Waals surface area (Å²) < 4.78 is 0. The van der Waals surface area contributed by atoms with E-state index in [1.54, 1.807) is 12.4 Å². The fourth-order valence-corrected chi connectivity index (χ4v) is 3.14. The van der Waals surface area contributed by atoms with Gasteiger partial charge in [0.05, 0.1) is 11.7 Å². The fourth-order valence-electron chi connectivity index (χ4n) is 3.14. The summed E-state index contributed by atoms with van der Waals surface area (Å²) in [5, 5.41) is 6.35. The van der Waals surface area contributed by atoms with Crippen molar-refractivity contribution in [3.8, 4) is 0 Å². The van der Waals surface area contributed by atoms with Gasteiger partial charge in [-0.1, -0.05) is 19.3 Å². The van der Waals surface area contributed by atoms with Crippen molar-refractivity contribution in [1.29, 1.82) is 0 Å². The monoisotopic (exact) mass is 318 g/mol. The molecule has 1 aromatic rings. The van der Waals surface area contributed by atoms with E-state index in [1.165, 1.54) is 32.1 Å². The van der Waals surface area contributed by atoms with Crippen LogP contribution in [0.1, 0.15) is 45.4 Å². The summed E-state index contributed by atoms with van der Waals surface area (Å²) in [5.74, 6) is 0.138. The Bertz CT molecular complexity index is 459. The first-order valence-corrected chi connectivity index (χ1v) is 8.82. The lowest BCUT2D eigenvalue weighted by Crippen LogP contribution is -2.48. The van der Waals surface area contributed by atoms with Crippen molar-refractivity contribution in [1.82, 2.24) is 15.2 Å². The molecule has 0 bridgehead atoms. The Labute approximate surface area is 139 Å². The quantitative estimate of drug-likeness (QED) is 0.724. The van der Waals surface area contributed by atoms with Crippen LogP contribution in [0.3, 0.4) is 0 Å². The molecular weight excluding hydrogens is 288 g/mol. The molecule has 2 rings (SSSR count). The van der Waals surface area contributed by atoms with Crippen LogP contribution in [-0.2, 0) is 4.79 Å². The molecule has 0 saturated heterocycles. The van der Waals surface area contributed by atoms with Crippen molar-refractivity contribution in [2.45, 2.75) is 57.5 Å². The predicted octanol–water partition coefficient (Wildman–Crippen LogP) is 2.65. The highest BCUT2D eigenvalue weighted by Crippen LogP contribution is 2.22. The Balaban J connectivity index is 1.61. The number of nitrogens with zero attached hydrogens (tertiary/aromatic N) is 2. The first kappa shape index (κ1) is 17.7. The third-order valence-electron chi connectivity index (χ3n) is 4.78. The number of amides is 1. The van der Waals surface area contributed by atoms with Crippen LogP contribution in [0.4, 0.5) is 5.69 Å². The van der Waals surface area contributed by atoms with Crippen LogP contribution in [-0.4, -0.2) is 48.0 Å². The van der Waals surface area contributed by atoms with Gasteiger partial charge in [0.25, 0.3) is 0 Å². The van der Waals surface area contributed by atoms with Crippen LogP contribution < -0.4 is 10.6 Å². The van der Waals surface area contributed by atoms with E-state index in [0.29, 0.717) is 12.6 Å². The van der Waals surface area contributed by atoms with Crippen molar-refractivity contribution in [3.05, 3.63) is 24.5 Å². The van der Waals surface area contributed by atoms with Crippen LogP contribution in [0.5, 0.6) is 0 Å². The van der Waals surface area contributed by atoms with Crippen LogP contribution in [0.15, 0.2) is 24.5 Å². The fraction of sp³-hybridized carbons (Fsp3) is 0.667. The highest BCUT2D eigenvalue weighted by molar-refractivity contribution is 5.81. The van der Waals surface area contributed by atoms with E-state index >= 15 is 0 Å².